The standard InChI is InChI=1S/C16H21N3O2/c1-3-21-11-9-13-12-8-10-17-16(12)19(18-13)14-6-4-5-7-15(14)20-2/h4-7,17H,3,8-11H2,1-2H3. The molecule has 0 bridgehead atoms. The molecule has 0 atom stereocenters. The molecule has 1 aliphatic rings. The Kier molecular flexibility index (Phi) is 4.10. The zero-order valence-electron chi connectivity index (χ0n) is 12.6. The third-order valence-electron chi connectivity index (χ3n) is 3.73. The van der Waals surface area contributed by atoms with E-state index in [0.29, 0.717) is 6.61 Å². The third-order valence-corrected chi connectivity index (χ3v) is 3.73. The van der Waals surface area contributed by atoms with Crippen molar-refractivity contribution in [2.75, 3.05) is 32.2 Å². The molecule has 3 rings (SSSR count). The van der Waals surface area contributed by atoms with E-state index < -0.39 is 0 Å². The van der Waals surface area contributed by atoms with Gasteiger partial charge in [-0.05, 0) is 25.5 Å². The fourth-order valence-electron chi connectivity index (χ4n) is 2.74. The number of aromatic nitrogens is 2. The van der Waals surface area contributed by atoms with Crippen molar-refractivity contribution < 1.29 is 9.47 Å². The van der Waals surface area contributed by atoms with Crippen molar-refractivity contribution in [1.82, 2.24) is 9.78 Å². The quantitative estimate of drug-likeness (QED) is 0.829. The van der Waals surface area contributed by atoms with Crippen molar-refractivity contribution in [3.63, 3.8) is 0 Å². The lowest BCUT2D eigenvalue weighted by Crippen LogP contribution is -2.07. The smallest absolute Gasteiger partial charge is 0.144 e. The largest absolute Gasteiger partial charge is 0.494 e. The lowest BCUT2D eigenvalue weighted by Gasteiger charge is -2.10. The summed E-state index contributed by atoms with van der Waals surface area (Å²) in [6, 6.07) is 7.95. The Morgan fingerprint density at radius 1 is 1.33 bits per heavy atom. The average molecular weight is 287 g/mol. The van der Waals surface area contributed by atoms with Crippen LogP contribution in [-0.2, 0) is 17.6 Å². The number of para-hydroxylation sites is 2. The van der Waals surface area contributed by atoms with Gasteiger partial charge in [-0.2, -0.15) is 5.10 Å². The highest BCUT2D eigenvalue weighted by Gasteiger charge is 2.23. The zero-order chi connectivity index (χ0) is 14.7. The number of nitrogens with one attached hydrogen (secondary N) is 1. The Labute approximate surface area is 124 Å². The number of hydrogen-bond donors (Lipinski definition) is 1. The van der Waals surface area contributed by atoms with Gasteiger partial charge in [0.1, 0.15) is 17.3 Å². The van der Waals surface area contributed by atoms with E-state index >= 15 is 0 Å². The van der Waals surface area contributed by atoms with Crippen LogP contribution in [0, 0.1) is 0 Å². The van der Waals surface area contributed by atoms with Gasteiger partial charge < -0.3 is 14.8 Å². The minimum Gasteiger partial charge on any atom is -0.494 e. The zero-order valence-corrected chi connectivity index (χ0v) is 12.6. The molecule has 0 saturated carbocycles. The minimum atomic E-state index is 0.714. The van der Waals surface area contributed by atoms with Crippen LogP contribution < -0.4 is 10.1 Å². The lowest BCUT2D eigenvalue weighted by molar-refractivity contribution is 0.150. The van der Waals surface area contributed by atoms with Gasteiger partial charge in [0.15, 0.2) is 0 Å². The van der Waals surface area contributed by atoms with E-state index in [0.717, 1.165) is 48.9 Å². The Balaban J connectivity index is 1.97. The highest BCUT2D eigenvalue weighted by Crippen LogP contribution is 2.32. The molecule has 0 amide bonds. The average Bonchev–Trinajstić information content (AvgIpc) is 3.11. The summed E-state index contributed by atoms with van der Waals surface area (Å²) >= 11 is 0. The second-order valence-corrected chi connectivity index (χ2v) is 4.98. The first kappa shape index (κ1) is 13.9. The molecule has 2 aromatic rings. The lowest BCUT2D eigenvalue weighted by atomic mass is 10.1. The van der Waals surface area contributed by atoms with Crippen LogP contribution >= 0.6 is 0 Å². The van der Waals surface area contributed by atoms with Crippen molar-refractivity contribution in [2.45, 2.75) is 19.8 Å². The molecule has 21 heavy (non-hydrogen) atoms. The summed E-state index contributed by atoms with van der Waals surface area (Å²) in [6.45, 7) is 4.43. The second kappa shape index (κ2) is 6.18. The van der Waals surface area contributed by atoms with Gasteiger partial charge in [0.05, 0.1) is 19.4 Å². The number of fused-ring (bicyclic) bond motifs is 1. The number of rotatable bonds is 6. The molecule has 1 aliphatic heterocycles. The molecule has 112 valence electrons. The summed E-state index contributed by atoms with van der Waals surface area (Å²) in [6.07, 6.45) is 1.87. The summed E-state index contributed by atoms with van der Waals surface area (Å²) in [7, 11) is 1.69. The molecule has 0 unspecified atom stereocenters. The van der Waals surface area contributed by atoms with Crippen LogP contribution in [0.5, 0.6) is 5.75 Å². The molecular weight excluding hydrogens is 266 g/mol. The first-order valence-corrected chi connectivity index (χ1v) is 7.41. The van der Waals surface area contributed by atoms with Gasteiger partial charge in [-0.3, -0.25) is 0 Å². The van der Waals surface area contributed by atoms with Crippen LogP contribution in [0.2, 0.25) is 0 Å². The van der Waals surface area contributed by atoms with Gasteiger partial charge in [-0.25, -0.2) is 4.68 Å². The Bertz CT molecular complexity index is 622. The van der Waals surface area contributed by atoms with E-state index in [2.05, 4.69) is 5.32 Å². The van der Waals surface area contributed by atoms with Gasteiger partial charge in [0.25, 0.3) is 0 Å². The first-order chi connectivity index (χ1) is 10.3. The summed E-state index contributed by atoms with van der Waals surface area (Å²) in [5, 5.41) is 8.21. The third kappa shape index (κ3) is 2.61. The molecule has 1 N–H and O–H groups in total. The Morgan fingerprint density at radius 3 is 3.00 bits per heavy atom. The van der Waals surface area contributed by atoms with Gasteiger partial charge in [0, 0.05) is 25.1 Å². The molecule has 0 fully saturated rings. The Morgan fingerprint density at radius 2 is 2.19 bits per heavy atom. The van der Waals surface area contributed by atoms with Gasteiger partial charge in [-0.1, -0.05) is 12.1 Å². The molecular formula is C16H21N3O2. The maximum atomic E-state index is 5.46. The highest BCUT2D eigenvalue weighted by molar-refractivity contribution is 5.60. The predicted octanol–water partition coefficient (Wildman–Crippen LogP) is 2.43. The van der Waals surface area contributed by atoms with Crippen molar-refractivity contribution in [1.29, 1.82) is 0 Å². The maximum Gasteiger partial charge on any atom is 0.144 e. The van der Waals surface area contributed by atoms with E-state index in [-0.39, 0.29) is 0 Å². The van der Waals surface area contributed by atoms with Crippen LogP contribution in [0.4, 0.5) is 5.82 Å². The number of nitrogens with zero attached hydrogens (tertiary/aromatic N) is 2. The van der Waals surface area contributed by atoms with E-state index in [1.165, 1.54) is 5.56 Å². The molecule has 1 aromatic carbocycles. The highest BCUT2D eigenvalue weighted by atomic mass is 16.5. The first-order valence-electron chi connectivity index (χ1n) is 7.41. The number of methoxy groups -OCH3 is 1. The summed E-state index contributed by atoms with van der Waals surface area (Å²) in [4.78, 5) is 0. The van der Waals surface area contributed by atoms with Crippen molar-refractivity contribution >= 4 is 5.82 Å². The van der Waals surface area contributed by atoms with Crippen molar-refractivity contribution in [2.24, 2.45) is 0 Å². The monoisotopic (exact) mass is 287 g/mol. The van der Waals surface area contributed by atoms with Crippen molar-refractivity contribution in [3.8, 4) is 11.4 Å². The van der Waals surface area contributed by atoms with Crippen LogP contribution in [0.15, 0.2) is 24.3 Å². The summed E-state index contributed by atoms with van der Waals surface area (Å²) in [5.41, 5.74) is 3.39. The molecule has 0 saturated heterocycles. The van der Waals surface area contributed by atoms with E-state index in [1.807, 2.05) is 35.9 Å². The topological polar surface area (TPSA) is 48.3 Å². The molecule has 5 heteroatoms. The van der Waals surface area contributed by atoms with Gasteiger partial charge in [-0.15, -0.1) is 0 Å². The maximum absolute atomic E-state index is 5.46. The van der Waals surface area contributed by atoms with E-state index in [9.17, 15) is 0 Å². The summed E-state index contributed by atoms with van der Waals surface area (Å²) in [5.74, 6) is 1.92. The summed E-state index contributed by atoms with van der Waals surface area (Å²) < 4.78 is 12.9. The minimum absolute atomic E-state index is 0.714. The molecule has 1 aromatic heterocycles. The van der Waals surface area contributed by atoms with Crippen LogP contribution in [-0.4, -0.2) is 36.6 Å². The second-order valence-electron chi connectivity index (χ2n) is 4.98. The van der Waals surface area contributed by atoms with Crippen LogP contribution in [0.3, 0.4) is 0 Å². The van der Waals surface area contributed by atoms with Gasteiger partial charge in [0.2, 0.25) is 0 Å². The molecule has 0 spiro atoms. The molecule has 0 aliphatic carbocycles. The number of benzene rings is 1. The molecule has 2 heterocycles. The van der Waals surface area contributed by atoms with Gasteiger partial charge >= 0.3 is 0 Å². The number of anilines is 1. The fraction of sp³-hybridized carbons (Fsp3) is 0.438. The van der Waals surface area contributed by atoms with Crippen LogP contribution in [0.25, 0.3) is 5.69 Å². The molecule has 0 radical (unpaired) electrons. The normalized spacial score (nSPS) is 13.0. The fourth-order valence-corrected chi connectivity index (χ4v) is 2.74. The predicted molar refractivity (Wildman–Crippen MR) is 82.5 cm³/mol. The molecule has 5 nitrogen and oxygen atoms in total. The Hall–Kier alpha value is -2.01. The number of hydrogen-bond acceptors (Lipinski definition) is 4. The van der Waals surface area contributed by atoms with Crippen molar-refractivity contribution in [3.05, 3.63) is 35.5 Å². The number of ether oxygens (including phenoxy) is 2. The van der Waals surface area contributed by atoms with E-state index in [4.69, 9.17) is 14.6 Å². The van der Waals surface area contributed by atoms with E-state index in [1.54, 1.807) is 7.11 Å². The van der Waals surface area contributed by atoms with Crippen LogP contribution in [0.1, 0.15) is 18.2 Å². The SMILES string of the molecule is CCOCCc1nn(-c2ccccc2OC)c2c1CCN2.